The number of hydrogen-bond donors (Lipinski definition) is 7. The first-order chi connectivity index (χ1) is 15.9. The quantitative estimate of drug-likeness (QED) is 0.174. The predicted molar refractivity (Wildman–Crippen MR) is 116 cm³/mol. The molecule has 2 aromatic rings. The lowest BCUT2D eigenvalue weighted by Crippen LogP contribution is -2.32. The molecule has 3 rings (SSSR count). The van der Waals surface area contributed by atoms with Gasteiger partial charge in [-0.2, -0.15) is 9.97 Å². The van der Waals surface area contributed by atoms with E-state index in [0.29, 0.717) is 0 Å². The van der Waals surface area contributed by atoms with E-state index in [1.807, 2.05) is 0 Å². The van der Waals surface area contributed by atoms with E-state index in [1.165, 1.54) is 29.1 Å². The molecule has 4 atom stereocenters. The van der Waals surface area contributed by atoms with Gasteiger partial charge in [-0.15, -0.1) is 0 Å². The molecule has 0 spiro atoms. The van der Waals surface area contributed by atoms with Gasteiger partial charge in [-0.1, -0.05) is 0 Å². The average Bonchev–Trinajstić information content (AvgIpc) is 3.12. The van der Waals surface area contributed by atoms with E-state index in [2.05, 4.69) is 9.97 Å². The van der Waals surface area contributed by atoms with E-state index in [0.717, 1.165) is 4.57 Å². The number of rotatable bonds is 8. The summed E-state index contributed by atoms with van der Waals surface area (Å²) in [7, 11) is -4.31. The molecule has 0 aromatic carbocycles. The number of aromatic nitrogens is 4. The lowest BCUT2D eigenvalue weighted by molar-refractivity contribution is -0.0458. The molecule has 1 aliphatic heterocycles. The molecule has 190 valence electrons. The molecular weight excluding hydrogens is 479 g/mol. The molecular formula is C17H27N6O10P. The highest BCUT2D eigenvalue weighted by atomic mass is 31.2. The third kappa shape index (κ3) is 8.27. The number of nitrogens with two attached hydrogens (primary N) is 2. The number of aliphatic hydroxyl groups excluding tert-OH is 3. The van der Waals surface area contributed by atoms with Gasteiger partial charge in [0.05, 0.1) is 32.0 Å². The SMILES string of the molecule is Nc1ccn(C[C@@H](CO)OCP(=O)(O)O)c(=O)n1.Nc1ccn([C@H]2C[C@H](O)[C@@H](CO)O2)c(=O)n1. The minimum atomic E-state index is -4.31. The van der Waals surface area contributed by atoms with Crippen molar-refractivity contribution in [1.29, 1.82) is 0 Å². The summed E-state index contributed by atoms with van der Waals surface area (Å²) in [4.78, 5) is 47.1. The number of aliphatic hydroxyl groups is 3. The van der Waals surface area contributed by atoms with Gasteiger partial charge in [-0.05, 0) is 12.1 Å². The molecule has 3 heterocycles. The highest BCUT2D eigenvalue weighted by Gasteiger charge is 2.34. The normalized spacial score (nSPS) is 21.0. The first kappa shape index (κ1) is 27.6. The fourth-order valence-corrected chi connectivity index (χ4v) is 3.27. The number of ether oxygens (including phenoxy) is 2. The van der Waals surface area contributed by atoms with Crippen LogP contribution >= 0.6 is 7.60 Å². The molecule has 16 nitrogen and oxygen atoms in total. The minimum absolute atomic E-state index is 0.0629. The summed E-state index contributed by atoms with van der Waals surface area (Å²) in [5, 5.41) is 27.4. The van der Waals surface area contributed by atoms with Crippen molar-refractivity contribution in [2.45, 2.75) is 37.5 Å². The molecule has 0 saturated carbocycles. The van der Waals surface area contributed by atoms with Crippen LogP contribution in [0.15, 0.2) is 34.1 Å². The van der Waals surface area contributed by atoms with E-state index in [9.17, 15) is 19.3 Å². The zero-order chi connectivity index (χ0) is 25.5. The number of hydrogen-bond acceptors (Lipinski definition) is 12. The third-order valence-corrected chi connectivity index (χ3v) is 5.01. The summed E-state index contributed by atoms with van der Waals surface area (Å²) in [5.41, 5.74) is 9.49. The highest BCUT2D eigenvalue weighted by Crippen LogP contribution is 2.34. The summed E-state index contributed by atoms with van der Waals surface area (Å²) < 4.78 is 23.1. The molecule has 0 unspecified atom stereocenters. The maximum atomic E-state index is 11.5. The van der Waals surface area contributed by atoms with Crippen LogP contribution in [0.3, 0.4) is 0 Å². The van der Waals surface area contributed by atoms with E-state index in [4.69, 9.17) is 40.9 Å². The van der Waals surface area contributed by atoms with Crippen LogP contribution in [-0.2, 0) is 20.6 Å². The summed E-state index contributed by atoms with van der Waals surface area (Å²) in [6, 6.07) is 2.86. The van der Waals surface area contributed by atoms with Gasteiger partial charge in [0.25, 0.3) is 0 Å². The number of nitrogens with zero attached hydrogens (tertiary/aromatic N) is 4. The standard InChI is InChI=1S/C9H13N3O4.C8H14N3O6P/c10-7-1-2-12(9(15)11-7)8-3-5(14)6(4-13)16-8;9-7-1-2-11(8(13)10-7)3-6(4-12)17-5-18(14,15)16/h1-2,5-6,8,13-14H,3-4H2,(H2,10,11,15);1-2,6,12H,3-5H2,(H2,9,10,13)(H2,14,15,16)/t5-,6+,8+;6-/m00/s1. The largest absolute Gasteiger partial charge is 0.394 e. The zero-order valence-electron chi connectivity index (χ0n) is 17.8. The summed E-state index contributed by atoms with van der Waals surface area (Å²) >= 11 is 0. The Balaban J connectivity index is 0.000000241. The van der Waals surface area contributed by atoms with Gasteiger partial charge in [-0.3, -0.25) is 13.7 Å². The molecule has 0 radical (unpaired) electrons. The van der Waals surface area contributed by atoms with Crippen molar-refractivity contribution in [3.63, 3.8) is 0 Å². The molecule has 0 bridgehead atoms. The second kappa shape index (κ2) is 12.1. The highest BCUT2D eigenvalue weighted by molar-refractivity contribution is 7.51. The molecule has 0 aliphatic carbocycles. The summed E-state index contributed by atoms with van der Waals surface area (Å²) in [5.74, 6) is 0.200. The van der Waals surface area contributed by atoms with Crippen LogP contribution in [0.5, 0.6) is 0 Å². The van der Waals surface area contributed by atoms with Crippen molar-refractivity contribution >= 4 is 19.2 Å². The van der Waals surface area contributed by atoms with E-state index >= 15 is 0 Å². The van der Waals surface area contributed by atoms with Crippen molar-refractivity contribution in [2.24, 2.45) is 0 Å². The van der Waals surface area contributed by atoms with Gasteiger partial charge in [0.2, 0.25) is 0 Å². The Morgan fingerprint density at radius 3 is 2.26 bits per heavy atom. The monoisotopic (exact) mass is 506 g/mol. The van der Waals surface area contributed by atoms with Gasteiger partial charge in [0, 0.05) is 18.8 Å². The first-order valence-corrected chi connectivity index (χ1v) is 11.6. The van der Waals surface area contributed by atoms with E-state index < -0.39 is 56.5 Å². The molecule has 34 heavy (non-hydrogen) atoms. The van der Waals surface area contributed by atoms with Gasteiger partial charge in [-0.25, -0.2) is 9.59 Å². The van der Waals surface area contributed by atoms with Gasteiger partial charge >= 0.3 is 19.0 Å². The van der Waals surface area contributed by atoms with Gasteiger partial charge < -0.3 is 46.0 Å². The molecule has 1 fully saturated rings. The van der Waals surface area contributed by atoms with Crippen LogP contribution in [-0.4, -0.2) is 82.1 Å². The van der Waals surface area contributed by atoms with Crippen molar-refractivity contribution < 1.29 is 39.1 Å². The Labute approximate surface area is 192 Å². The molecule has 0 amide bonds. The van der Waals surface area contributed by atoms with Crippen molar-refractivity contribution in [3.05, 3.63) is 45.5 Å². The third-order valence-electron chi connectivity index (χ3n) is 4.52. The second-order valence-electron chi connectivity index (χ2n) is 7.21. The summed E-state index contributed by atoms with van der Waals surface area (Å²) in [6.07, 6.45) is -0.718. The molecule has 9 N–H and O–H groups in total. The Bertz CT molecular complexity index is 1100. The van der Waals surface area contributed by atoms with Crippen LogP contribution in [0.4, 0.5) is 11.6 Å². The first-order valence-electron chi connectivity index (χ1n) is 9.82. The van der Waals surface area contributed by atoms with Crippen molar-refractivity contribution in [1.82, 2.24) is 19.1 Å². The van der Waals surface area contributed by atoms with Crippen LogP contribution in [0, 0.1) is 0 Å². The van der Waals surface area contributed by atoms with Gasteiger partial charge in [0.15, 0.2) is 0 Å². The molecule has 1 saturated heterocycles. The second-order valence-corrected chi connectivity index (χ2v) is 8.80. The van der Waals surface area contributed by atoms with Crippen molar-refractivity contribution in [3.8, 4) is 0 Å². The van der Waals surface area contributed by atoms with Gasteiger partial charge in [0.1, 0.15) is 30.3 Å². The van der Waals surface area contributed by atoms with Crippen LogP contribution in [0.2, 0.25) is 0 Å². The Hall–Kier alpha value is -2.69. The Morgan fingerprint density at radius 1 is 1.15 bits per heavy atom. The van der Waals surface area contributed by atoms with Crippen LogP contribution in [0.1, 0.15) is 12.6 Å². The van der Waals surface area contributed by atoms with Crippen LogP contribution in [0.25, 0.3) is 0 Å². The number of nitrogen functional groups attached to an aromatic ring is 2. The lowest BCUT2D eigenvalue weighted by Gasteiger charge is -2.16. The fraction of sp³-hybridized carbons (Fsp3) is 0.529. The maximum absolute atomic E-state index is 11.5. The average molecular weight is 506 g/mol. The molecule has 1 aliphatic rings. The Morgan fingerprint density at radius 2 is 1.76 bits per heavy atom. The van der Waals surface area contributed by atoms with Crippen molar-refractivity contribution in [2.75, 3.05) is 31.0 Å². The minimum Gasteiger partial charge on any atom is -0.394 e. The van der Waals surface area contributed by atoms with E-state index in [-0.39, 0.29) is 31.2 Å². The smallest absolute Gasteiger partial charge is 0.351 e. The molecule has 2 aromatic heterocycles. The maximum Gasteiger partial charge on any atom is 0.351 e. The summed E-state index contributed by atoms with van der Waals surface area (Å²) in [6.45, 7) is -0.853. The predicted octanol–water partition coefficient (Wildman–Crippen LogP) is -3.20. The Kier molecular flexibility index (Phi) is 9.84. The van der Waals surface area contributed by atoms with Crippen LogP contribution < -0.4 is 22.8 Å². The molecule has 17 heteroatoms. The lowest BCUT2D eigenvalue weighted by atomic mass is 10.2. The van der Waals surface area contributed by atoms with E-state index in [1.54, 1.807) is 0 Å². The zero-order valence-corrected chi connectivity index (χ0v) is 18.7. The number of anilines is 2. The topological polar surface area (TPSA) is 258 Å². The fourth-order valence-electron chi connectivity index (χ4n) is 2.86.